The van der Waals surface area contributed by atoms with E-state index in [4.69, 9.17) is 9.47 Å². The molecule has 0 saturated carbocycles. The predicted molar refractivity (Wildman–Crippen MR) is 155 cm³/mol. The molecule has 0 aromatic heterocycles. The summed E-state index contributed by atoms with van der Waals surface area (Å²) in [6.45, 7) is 9.60. The van der Waals surface area contributed by atoms with Gasteiger partial charge in [0.15, 0.2) is 0 Å². The van der Waals surface area contributed by atoms with E-state index >= 15 is 0 Å². The van der Waals surface area contributed by atoms with Gasteiger partial charge in [0.1, 0.15) is 0 Å². The molecule has 2 atom stereocenters. The van der Waals surface area contributed by atoms with Crippen LogP contribution in [0.25, 0.3) is 0 Å². The summed E-state index contributed by atoms with van der Waals surface area (Å²) in [5, 5.41) is 0. The van der Waals surface area contributed by atoms with Gasteiger partial charge in [0, 0.05) is 0 Å². The third-order valence-corrected chi connectivity index (χ3v) is 7.60. The Bertz CT molecular complexity index is 714. The number of benzene rings is 1. The molecule has 1 aromatic rings. The van der Waals surface area contributed by atoms with E-state index in [2.05, 4.69) is 27.7 Å². The first-order chi connectivity index (χ1) is 18.1. The van der Waals surface area contributed by atoms with Crippen LogP contribution in [0, 0.1) is 11.8 Å². The number of ether oxygens (including phenoxy) is 2. The van der Waals surface area contributed by atoms with Gasteiger partial charge < -0.3 is 9.47 Å². The fourth-order valence-corrected chi connectivity index (χ4v) is 4.80. The van der Waals surface area contributed by atoms with E-state index < -0.39 is 11.9 Å². The molecule has 212 valence electrons. The number of hydrogen-bond acceptors (Lipinski definition) is 4. The van der Waals surface area contributed by atoms with Crippen LogP contribution in [-0.2, 0) is 9.47 Å². The van der Waals surface area contributed by atoms with E-state index in [0.717, 1.165) is 25.7 Å². The highest BCUT2D eigenvalue weighted by atomic mass is 16.5. The quantitative estimate of drug-likeness (QED) is 0.107. The summed E-state index contributed by atoms with van der Waals surface area (Å²) in [5.41, 5.74) is 0.615. The number of esters is 2. The molecule has 4 heteroatoms. The molecule has 1 aromatic carbocycles. The monoisotopic (exact) mass is 516 g/mol. The van der Waals surface area contributed by atoms with Crippen LogP contribution in [-0.4, -0.2) is 25.2 Å². The third-order valence-electron chi connectivity index (χ3n) is 7.60. The van der Waals surface area contributed by atoms with Gasteiger partial charge in [0.25, 0.3) is 0 Å². The molecular weight excluding hydrogens is 460 g/mol. The number of rotatable bonds is 23. The van der Waals surface area contributed by atoms with Crippen LogP contribution in [0.4, 0.5) is 0 Å². The first-order valence-corrected chi connectivity index (χ1v) is 15.5. The minimum Gasteiger partial charge on any atom is -0.462 e. The highest BCUT2D eigenvalue weighted by molar-refractivity contribution is 6.03. The molecule has 37 heavy (non-hydrogen) atoms. The highest BCUT2D eigenvalue weighted by Gasteiger charge is 2.21. The molecule has 0 aliphatic carbocycles. The minimum absolute atomic E-state index is 0.307. The maximum absolute atomic E-state index is 12.9. The van der Waals surface area contributed by atoms with Crippen molar-refractivity contribution in [3.05, 3.63) is 35.4 Å². The lowest BCUT2D eigenvalue weighted by atomic mass is 9.98. The highest BCUT2D eigenvalue weighted by Crippen LogP contribution is 2.20. The van der Waals surface area contributed by atoms with Crippen molar-refractivity contribution in [1.29, 1.82) is 0 Å². The van der Waals surface area contributed by atoms with Crippen molar-refractivity contribution >= 4 is 11.9 Å². The van der Waals surface area contributed by atoms with Gasteiger partial charge in [-0.25, -0.2) is 9.59 Å². The summed E-state index contributed by atoms with van der Waals surface area (Å²) in [5.74, 6) is -0.120. The first-order valence-electron chi connectivity index (χ1n) is 15.5. The van der Waals surface area contributed by atoms with Crippen molar-refractivity contribution in [2.45, 2.75) is 137 Å². The SMILES string of the molecule is CCCCCCCCC[C@H](CC)COC(=O)c1ccccc1C(=O)OC[C@H](CC)CCCCCCCC. The molecule has 4 nitrogen and oxygen atoms in total. The van der Waals surface area contributed by atoms with E-state index in [0.29, 0.717) is 36.2 Å². The Hall–Kier alpha value is -1.84. The fraction of sp³-hybridized carbons (Fsp3) is 0.758. The molecule has 0 fully saturated rings. The van der Waals surface area contributed by atoms with Crippen molar-refractivity contribution in [2.24, 2.45) is 11.8 Å². The second kappa shape index (κ2) is 22.2. The smallest absolute Gasteiger partial charge is 0.339 e. The van der Waals surface area contributed by atoms with Gasteiger partial charge in [-0.2, -0.15) is 0 Å². The van der Waals surface area contributed by atoms with Crippen molar-refractivity contribution in [3.8, 4) is 0 Å². The lowest BCUT2D eigenvalue weighted by Gasteiger charge is -2.17. The topological polar surface area (TPSA) is 52.6 Å². The second-order valence-electron chi connectivity index (χ2n) is 10.8. The minimum atomic E-state index is -0.427. The average molecular weight is 517 g/mol. The molecule has 0 saturated heterocycles. The zero-order chi connectivity index (χ0) is 27.1. The summed E-state index contributed by atoms with van der Waals surface area (Å²) in [6, 6.07) is 6.89. The predicted octanol–water partition coefficient (Wildman–Crippen LogP) is 9.94. The fourth-order valence-electron chi connectivity index (χ4n) is 4.80. The lowest BCUT2D eigenvalue weighted by Crippen LogP contribution is -2.19. The normalized spacial score (nSPS) is 12.8. The largest absolute Gasteiger partial charge is 0.462 e. The van der Waals surface area contributed by atoms with Crippen LogP contribution >= 0.6 is 0 Å². The molecule has 0 amide bonds. The molecular formula is C33H56O4. The third kappa shape index (κ3) is 15.2. The molecule has 0 bridgehead atoms. The molecule has 0 unspecified atom stereocenters. The standard InChI is InChI=1S/C33H56O4/c1-5-9-11-13-15-17-19-23-29(8-4)27-37-33(35)31-25-21-20-24-30(31)32(34)36-26-28(7-3)22-18-16-14-12-10-6-2/h20-21,24-25,28-29H,5-19,22-23,26-27H2,1-4H3/t28-,29+/m1/s1. The molecule has 0 N–H and O–H groups in total. The van der Waals surface area contributed by atoms with Gasteiger partial charge in [0.2, 0.25) is 0 Å². The Morgan fingerprint density at radius 1 is 0.568 bits per heavy atom. The number of carbonyl (C=O) groups is 2. The molecule has 0 aliphatic rings. The summed E-state index contributed by atoms with van der Waals surface area (Å²) in [7, 11) is 0. The summed E-state index contributed by atoms with van der Waals surface area (Å²) >= 11 is 0. The van der Waals surface area contributed by atoms with Crippen LogP contribution in [0.1, 0.15) is 158 Å². The Kier molecular flexibility index (Phi) is 19.9. The van der Waals surface area contributed by atoms with Gasteiger partial charge >= 0.3 is 11.9 Å². The summed E-state index contributed by atoms with van der Waals surface area (Å²) < 4.78 is 11.3. The van der Waals surface area contributed by atoms with Crippen molar-refractivity contribution in [3.63, 3.8) is 0 Å². The van der Waals surface area contributed by atoms with Crippen LogP contribution in [0.5, 0.6) is 0 Å². The lowest BCUT2D eigenvalue weighted by molar-refractivity contribution is 0.0381. The molecule has 0 heterocycles. The zero-order valence-electron chi connectivity index (χ0n) is 24.5. The molecule has 0 spiro atoms. The van der Waals surface area contributed by atoms with E-state index in [9.17, 15) is 9.59 Å². The van der Waals surface area contributed by atoms with Crippen LogP contribution in [0.2, 0.25) is 0 Å². The number of carbonyl (C=O) groups excluding carboxylic acids is 2. The van der Waals surface area contributed by atoms with Crippen molar-refractivity contribution < 1.29 is 19.1 Å². The average Bonchev–Trinajstić information content (AvgIpc) is 2.93. The van der Waals surface area contributed by atoms with Gasteiger partial charge in [-0.05, 0) is 36.8 Å². The van der Waals surface area contributed by atoms with Crippen LogP contribution < -0.4 is 0 Å². The molecule has 0 aliphatic heterocycles. The zero-order valence-corrected chi connectivity index (χ0v) is 24.5. The van der Waals surface area contributed by atoms with E-state index in [1.54, 1.807) is 24.3 Å². The number of hydrogen-bond donors (Lipinski definition) is 0. The summed E-state index contributed by atoms with van der Waals surface area (Å²) in [6.07, 6.45) is 20.8. The van der Waals surface area contributed by atoms with Gasteiger partial charge in [-0.15, -0.1) is 0 Å². The van der Waals surface area contributed by atoms with E-state index in [1.807, 2.05) is 0 Å². The van der Waals surface area contributed by atoms with E-state index in [-0.39, 0.29) is 0 Å². The van der Waals surface area contributed by atoms with Crippen molar-refractivity contribution in [1.82, 2.24) is 0 Å². The Morgan fingerprint density at radius 2 is 0.919 bits per heavy atom. The molecule has 0 radical (unpaired) electrons. The van der Waals surface area contributed by atoms with Gasteiger partial charge in [-0.3, -0.25) is 0 Å². The molecule has 1 rings (SSSR count). The Labute approximate surface area is 228 Å². The Morgan fingerprint density at radius 3 is 1.27 bits per heavy atom. The maximum atomic E-state index is 12.9. The van der Waals surface area contributed by atoms with E-state index in [1.165, 1.54) is 83.5 Å². The second-order valence-corrected chi connectivity index (χ2v) is 10.8. The van der Waals surface area contributed by atoms with Crippen LogP contribution in [0.3, 0.4) is 0 Å². The summed E-state index contributed by atoms with van der Waals surface area (Å²) in [4.78, 5) is 25.8. The van der Waals surface area contributed by atoms with Gasteiger partial charge in [0.05, 0.1) is 24.3 Å². The Balaban J connectivity index is 2.47. The maximum Gasteiger partial charge on any atom is 0.339 e. The number of unbranched alkanes of at least 4 members (excludes halogenated alkanes) is 11. The van der Waals surface area contributed by atoms with Gasteiger partial charge in [-0.1, -0.05) is 136 Å². The van der Waals surface area contributed by atoms with Crippen molar-refractivity contribution in [2.75, 3.05) is 13.2 Å². The first kappa shape index (κ1) is 33.2. The van der Waals surface area contributed by atoms with Crippen LogP contribution in [0.15, 0.2) is 24.3 Å².